The number of carbonyl (C=O) groups excluding carboxylic acids is 3. The predicted molar refractivity (Wildman–Crippen MR) is 76.5 cm³/mol. The van der Waals surface area contributed by atoms with Crippen LogP contribution in [0.4, 0.5) is 0 Å². The molecule has 21 heavy (non-hydrogen) atoms. The van der Waals surface area contributed by atoms with E-state index >= 15 is 0 Å². The Balaban J connectivity index is 3.47. The Bertz CT molecular complexity index is 513. The maximum Gasteiger partial charge on any atom is 0.743 e. The quantitative estimate of drug-likeness (QED) is 0.757. The van der Waals surface area contributed by atoms with Crippen molar-refractivity contribution < 1.29 is 27.7 Å². The molecule has 1 aromatic rings. The van der Waals surface area contributed by atoms with Gasteiger partial charge in [0.2, 0.25) is 0 Å². The van der Waals surface area contributed by atoms with Crippen LogP contribution in [-0.2, 0) is 34.1 Å². The van der Waals surface area contributed by atoms with Gasteiger partial charge in [-0.1, -0.05) is 31.2 Å². The highest BCUT2D eigenvalue weighted by Gasteiger charge is 2.55. The molecule has 0 saturated carbocycles. The largest absolute Gasteiger partial charge is 0.743 e. The molecule has 0 aliphatic rings. The molecule has 0 spiro atoms. The molecule has 1 aromatic carbocycles. The molecule has 0 aliphatic heterocycles. The Hall–Kier alpha value is -2.15. The molecular weight excluding hydrogens is 292 g/mol. The fraction of sp³-hybridized carbons (Fsp3) is 0.357. The minimum absolute atomic E-state index is 0.438. The molecule has 0 N–H and O–H groups in total. The molecule has 0 amide bonds. The van der Waals surface area contributed by atoms with E-state index in [9.17, 15) is 14.4 Å². The lowest BCUT2D eigenvalue weighted by atomic mass is 10.2. The predicted octanol–water partition coefficient (Wildman–Crippen LogP) is 1.08. The van der Waals surface area contributed by atoms with Gasteiger partial charge in [-0.15, -0.1) is 0 Å². The molecule has 7 heteroatoms. The number of aryl methyl sites for hydroxylation is 1. The Morgan fingerprint density at radius 2 is 1.33 bits per heavy atom. The van der Waals surface area contributed by atoms with Crippen molar-refractivity contribution in [3.8, 4) is 0 Å². The molecule has 0 aliphatic carbocycles. The lowest BCUT2D eigenvalue weighted by molar-refractivity contribution is -0.146. The van der Waals surface area contributed by atoms with Crippen molar-refractivity contribution in [3.63, 3.8) is 0 Å². The SMILES string of the molecule is CCc1ccccc1[Si](OC(C)=O)(OC(C)=O)OC(C)=O. The molecule has 0 saturated heterocycles. The number of carbonyl (C=O) groups is 3. The van der Waals surface area contributed by atoms with Crippen molar-refractivity contribution >= 4 is 31.9 Å². The van der Waals surface area contributed by atoms with Gasteiger partial charge in [0.1, 0.15) is 0 Å². The number of benzene rings is 1. The van der Waals surface area contributed by atoms with E-state index in [4.69, 9.17) is 13.3 Å². The highest BCUT2D eigenvalue weighted by molar-refractivity contribution is 6.79. The van der Waals surface area contributed by atoms with E-state index in [2.05, 4.69) is 0 Å². The highest BCUT2D eigenvalue weighted by atomic mass is 28.4. The molecule has 114 valence electrons. The third-order valence-electron chi connectivity index (χ3n) is 2.56. The number of rotatable bonds is 5. The average Bonchev–Trinajstić information content (AvgIpc) is 2.36. The van der Waals surface area contributed by atoms with Crippen LogP contribution < -0.4 is 5.19 Å². The number of hydrogen-bond donors (Lipinski definition) is 0. The van der Waals surface area contributed by atoms with Crippen molar-refractivity contribution in [3.05, 3.63) is 29.8 Å². The maximum absolute atomic E-state index is 11.4. The van der Waals surface area contributed by atoms with Crippen LogP contribution in [0.2, 0.25) is 0 Å². The summed E-state index contributed by atoms with van der Waals surface area (Å²) in [7, 11) is -3.98. The van der Waals surface area contributed by atoms with Crippen LogP contribution >= 0.6 is 0 Å². The Morgan fingerprint density at radius 3 is 1.71 bits per heavy atom. The fourth-order valence-electron chi connectivity index (χ4n) is 1.92. The summed E-state index contributed by atoms with van der Waals surface area (Å²) in [5.74, 6) is -2.06. The van der Waals surface area contributed by atoms with Crippen molar-refractivity contribution in [2.45, 2.75) is 34.1 Å². The fourth-order valence-corrected chi connectivity index (χ4v) is 4.47. The van der Waals surface area contributed by atoms with Crippen molar-refractivity contribution in [2.75, 3.05) is 0 Å². The van der Waals surface area contributed by atoms with Gasteiger partial charge in [-0.05, 0) is 12.0 Å². The molecule has 6 nitrogen and oxygen atoms in total. The van der Waals surface area contributed by atoms with Crippen LogP contribution in [0.15, 0.2) is 24.3 Å². The second-order valence-corrected chi connectivity index (χ2v) is 6.61. The van der Waals surface area contributed by atoms with E-state index in [0.29, 0.717) is 11.6 Å². The summed E-state index contributed by atoms with van der Waals surface area (Å²) in [5, 5.41) is 0.438. The third kappa shape index (κ3) is 4.42. The van der Waals surface area contributed by atoms with Crippen LogP contribution in [-0.4, -0.2) is 26.7 Å². The minimum atomic E-state index is -3.98. The van der Waals surface area contributed by atoms with Gasteiger partial charge < -0.3 is 13.3 Å². The summed E-state index contributed by atoms with van der Waals surface area (Å²) in [6, 6.07) is 6.94. The zero-order valence-corrected chi connectivity index (χ0v) is 13.5. The van der Waals surface area contributed by atoms with Gasteiger partial charge in [0.15, 0.2) is 0 Å². The molecule has 0 bridgehead atoms. The molecular formula is C14H18O6Si. The molecule has 0 unspecified atom stereocenters. The van der Waals surface area contributed by atoms with Crippen LogP contribution in [0.1, 0.15) is 33.3 Å². The van der Waals surface area contributed by atoms with E-state index in [1.54, 1.807) is 24.3 Å². The van der Waals surface area contributed by atoms with Gasteiger partial charge in [0.25, 0.3) is 17.9 Å². The second kappa shape index (κ2) is 7.03. The topological polar surface area (TPSA) is 78.9 Å². The summed E-state index contributed by atoms with van der Waals surface area (Å²) >= 11 is 0. The van der Waals surface area contributed by atoms with Gasteiger partial charge in [-0.3, -0.25) is 14.4 Å². The molecule has 0 aromatic heterocycles. The first-order valence-corrected chi connectivity index (χ1v) is 8.20. The second-order valence-electron chi connectivity index (χ2n) is 4.35. The van der Waals surface area contributed by atoms with E-state index in [-0.39, 0.29) is 0 Å². The number of hydrogen-bond acceptors (Lipinski definition) is 6. The maximum atomic E-state index is 11.4. The third-order valence-corrected chi connectivity index (χ3v) is 5.38. The average molecular weight is 310 g/mol. The van der Waals surface area contributed by atoms with E-state index in [0.717, 1.165) is 5.56 Å². The summed E-state index contributed by atoms with van der Waals surface area (Å²) in [4.78, 5) is 34.3. The Kier molecular flexibility index (Phi) is 5.66. The summed E-state index contributed by atoms with van der Waals surface area (Å²) in [6.45, 7) is 5.41. The first kappa shape index (κ1) is 16.9. The Morgan fingerprint density at radius 1 is 0.905 bits per heavy atom. The molecule has 0 atom stereocenters. The smallest absolute Gasteiger partial charge is 0.452 e. The van der Waals surface area contributed by atoms with Gasteiger partial charge in [-0.25, -0.2) is 0 Å². The minimum Gasteiger partial charge on any atom is -0.452 e. The van der Waals surface area contributed by atoms with Crippen molar-refractivity contribution in [2.24, 2.45) is 0 Å². The first-order valence-electron chi connectivity index (χ1n) is 6.48. The van der Waals surface area contributed by atoms with Gasteiger partial charge >= 0.3 is 8.80 Å². The van der Waals surface area contributed by atoms with Crippen LogP contribution in [0.5, 0.6) is 0 Å². The van der Waals surface area contributed by atoms with Crippen LogP contribution in [0.3, 0.4) is 0 Å². The van der Waals surface area contributed by atoms with Gasteiger partial charge in [-0.2, -0.15) is 0 Å². The van der Waals surface area contributed by atoms with E-state index in [1.807, 2.05) is 6.92 Å². The lowest BCUT2D eigenvalue weighted by Crippen LogP contribution is -2.60. The lowest BCUT2D eigenvalue weighted by Gasteiger charge is -2.27. The van der Waals surface area contributed by atoms with Gasteiger partial charge in [0.05, 0.1) is 5.19 Å². The van der Waals surface area contributed by atoms with Crippen molar-refractivity contribution in [1.82, 2.24) is 0 Å². The first-order chi connectivity index (χ1) is 9.80. The molecule has 0 fully saturated rings. The van der Waals surface area contributed by atoms with Crippen molar-refractivity contribution in [1.29, 1.82) is 0 Å². The van der Waals surface area contributed by atoms with Crippen LogP contribution in [0.25, 0.3) is 0 Å². The molecule has 0 radical (unpaired) electrons. The standard InChI is InChI=1S/C14H18O6Si/c1-5-13-8-6-7-9-14(13)21(18-10(2)15,19-11(3)16)20-12(4)17/h6-9H,5H2,1-4H3. The normalized spacial score (nSPS) is 10.7. The highest BCUT2D eigenvalue weighted by Crippen LogP contribution is 2.15. The summed E-state index contributed by atoms with van der Waals surface area (Å²) in [6.07, 6.45) is 0.606. The molecule has 0 heterocycles. The van der Waals surface area contributed by atoms with E-state index < -0.39 is 26.7 Å². The Labute approximate surface area is 124 Å². The zero-order valence-electron chi connectivity index (χ0n) is 12.5. The van der Waals surface area contributed by atoms with Crippen LogP contribution in [0, 0.1) is 0 Å². The molecule has 1 rings (SSSR count). The monoisotopic (exact) mass is 310 g/mol. The zero-order chi connectivity index (χ0) is 16.0. The summed E-state index contributed by atoms with van der Waals surface area (Å²) in [5.41, 5.74) is 0.785. The van der Waals surface area contributed by atoms with Gasteiger partial charge in [0, 0.05) is 20.8 Å². The van der Waals surface area contributed by atoms with E-state index in [1.165, 1.54) is 20.8 Å². The summed E-state index contributed by atoms with van der Waals surface area (Å²) < 4.78 is 15.6.